The van der Waals surface area contributed by atoms with Crippen LogP contribution in [0, 0.1) is 0 Å². The second-order valence-corrected chi connectivity index (χ2v) is 7.10. The highest BCUT2D eigenvalue weighted by Crippen LogP contribution is 2.44. The van der Waals surface area contributed by atoms with Gasteiger partial charge in [-0.2, -0.15) is 0 Å². The van der Waals surface area contributed by atoms with Gasteiger partial charge in [-0.25, -0.2) is 4.79 Å². The van der Waals surface area contributed by atoms with Gasteiger partial charge in [-0.15, -0.1) is 0 Å². The van der Waals surface area contributed by atoms with Crippen molar-refractivity contribution in [3.8, 4) is 11.1 Å². The highest BCUT2D eigenvalue weighted by atomic mass is 16.6. The van der Waals surface area contributed by atoms with Gasteiger partial charge in [0.05, 0.1) is 12.1 Å². The van der Waals surface area contributed by atoms with Crippen LogP contribution in [-0.2, 0) is 4.74 Å². The number of benzene rings is 2. The van der Waals surface area contributed by atoms with Crippen LogP contribution < -0.4 is 0 Å². The minimum atomic E-state index is -0.428. The fraction of sp³-hybridized carbons (Fsp3) is 0.381. The topological polar surface area (TPSA) is 49.8 Å². The molecule has 2 aliphatic rings. The van der Waals surface area contributed by atoms with E-state index >= 15 is 0 Å². The number of rotatable bonds is 4. The van der Waals surface area contributed by atoms with Crippen molar-refractivity contribution in [1.82, 2.24) is 4.90 Å². The lowest BCUT2D eigenvalue weighted by Gasteiger charge is -2.46. The quantitative estimate of drug-likeness (QED) is 0.924. The van der Waals surface area contributed by atoms with E-state index in [0.29, 0.717) is 6.61 Å². The van der Waals surface area contributed by atoms with Crippen LogP contribution in [-0.4, -0.2) is 41.9 Å². The summed E-state index contributed by atoms with van der Waals surface area (Å²) in [6.45, 7) is 0.312. The first-order valence-electron chi connectivity index (χ1n) is 8.86. The molecule has 0 unspecified atom stereocenters. The van der Waals surface area contributed by atoms with Crippen LogP contribution in [0.2, 0.25) is 0 Å². The molecule has 1 amide bonds. The van der Waals surface area contributed by atoms with Crippen molar-refractivity contribution in [2.24, 2.45) is 0 Å². The van der Waals surface area contributed by atoms with Gasteiger partial charge in [0.25, 0.3) is 0 Å². The number of aliphatic hydroxyl groups excluding tert-OH is 1. The first-order chi connectivity index (χ1) is 12.2. The predicted molar refractivity (Wildman–Crippen MR) is 96.5 cm³/mol. The molecule has 4 heteroatoms. The second-order valence-electron chi connectivity index (χ2n) is 7.10. The summed E-state index contributed by atoms with van der Waals surface area (Å²) in [6, 6.07) is 16.6. The smallest absolute Gasteiger partial charge is 0.410 e. The zero-order chi connectivity index (χ0) is 17.4. The molecule has 130 valence electrons. The molecule has 1 saturated carbocycles. The molecule has 0 heterocycles. The van der Waals surface area contributed by atoms with E-state index in [2.05, 4.69) is 24.3 Å². The predicted octanol–water partition coefficient (Wildman–Crippen LogP) is 3.78. The Morgan fingerprint density at radius 1 is 1.12 bits per heavy atom. The molecule has 0 radical (unpaired) electrons. The van der Waals surface area contributed by atoms with Crippen LogP contribution in [0.4, 0.5) is 4.79 Å². The summed E-state index contributed by atoms with van der Waals surface area (Å²) in [5, 5.41) is 9.65. The Kier molecular flexibility index (Phi) is 4.00. The number of ether oxygens (including phenoxy) is 1. The van der Waals surface area contributed by atoms with E-state index in [9.17, 15) is 9.90 Å². The zero-order valence-corrected chi connectivity index (χ0v) is 14.4. The fourth-order valence-corrected chi connectivity index (χ4v) is 4.07. The van der Waals surface area contributed by atoms with Gasteiger partial charge >= 0.3 is 6.09 Å². The molecule has 1 fully saturated rings. The molecule has 0 saturated heterocycles. The third kappa shape index (κ3) is 2.52. The molecule has 0 bridgehead atoms. The minimum absolute atomic E-state index is 0.00625. The van der Waals surface area contributed by atoms with Crippen LogP contribution in [0.15, 0.2) is 48.5 Å². The Morgan fingerprint density at radius 2 is 1.68 bits per heavy atom. The van der Waals surface area contributed by atoms with Gasteiger partial charge in [-0.3, -0.25) is 0 Å². The highest BCUT2D eigenvalue weighted by Gasteiger charge is 2.43. The Balaban J connectivity index is 1.52. The van der Waals surface area contributed by atoms with Crippen LogP contribution in [0.25, 0.3) is 11.1 Å². The average Bonchev–Trinajstić information content (AvgIpc) is 2.93. The second kappa shape index (κ2) is 6.19. The molecule has 0 spiro atoms. The van der Waals surface area contributed by atoms with E-state index in [1.807, 2.05) is 24.3 Å². The molecule has 4 rings (SSSR count). The molecular formula is C21H23NO3. The van der Waals surface area contributed by atoms with Crippen LogP contribution in [0.3, 0.4) is 0 Å². The van der Waals surface area contributed by atoms with Crippen molar-refractivity contribution in [3.63, 3.8) is 0 Å². The largest absolute Gasteiger partial charge is 0.448 e. The van der Waals surface area contributed by atoms with E-state index in [1.165, 1.54) is 22.3 Å². The van der Waals surface area contributed by atoms with Crippen molar-refractivity contribution in [2.75, 3.05) is 20.3 Å². The van der Waals surface area contributed by atoms with E-state index < -0.39 is 5.54 Å². The lowest BCUT2D eigenvalue weighted by Crippen LogP contribution is -2.57. The van der Waals surface area contributed by atoms with Crippen LogP contribution in [0.1, 0.15) is 36.3 Å². The molecular weight excluding hydrogens is 314 g/mol. The van der Waals surface area contributed by atoms with Gasteiger partial charge in [0.15, 0.2) is 0 Å². The summed E-state index contributed by atoms with van der Waals surface area (Å²) in [5.41, 5.74) is 4.43. The molecule has 0 aliphatic heterocycles. The van der Waals surface area contributed by atoms with Crippen molar-refractivity contribution in [3.05, 3.63) is 59.7 Å². The Hall–Kier alpha value is -2.33. The van der Waals surface area contributed by atoms with Crippen LogP contribution >= 0.6 is 0 Å². The number of carbonyl (C=O) groups excluding carboxylic acids is 1. The average molecular weight is 337 g/mol. The molecule has 0 aromatic heterocycles. The van der Waals surface area contributed by atoms with Crippen molar-refractivity contribution in [2.45, 2.75) is 30.7 Å². The first-order valence-corrected chi connectivity index (χ1v) is 8.86. The monoisotopic (exact) mass is 337 g/mol. The Bertz CT molecular complexity index is 746. The number of aliphatic hydroxyl groups is 1. The molecule has 2 aromatic rings. The third-order valence-electron chi connectivity index (χ3n) is 5.90. The number of carbonyl (C=O) groups is 1. The Morgan fingerprint density at radius 3 is 2.16 bits per heavy atom. The standard InChI is InChI=1S/C21H23NO3/c1-22(21(14-23)11-6-12-21)20(24)25-13-19-17-9-4-2-7-15(17)16-8-3-5-10-18(16)19/h2-5,7-10,19,23H,6,11-14H2,1H3. The van der Waals surface area contributed by atoms with Gasteiger partial charge in [0.1, 0.15) is 6.61 Å². The molecule has 25 heavy (non-hydrogen) atoms. The maximum atomic E-state index is 12.5. The van der Waals surface area contributed by atoms with Crippen LogP contribution in [0.5, 0.6) is 0 Å². The third-order valence-corrected chi connectivity index (χ3v) is 5.90. The molecule has 2 aromatic carbocycles. The van der Waals surface area contributed by atoms with E-state index in [0.717, 1.165) is 19.3 Å². The number of likely N-dealkylation sites (N-methyl/N-ethyl adjacent to an activating group) is 1. The zero-order valence-electron chi connectivity index (χ0n) is 14.4. The summed E-state index contributed by atoms with van der Waals surface area (Å²) in [7, 11) is 1.73. The molecule has 2 aliphatic carbocycles. The molecule has 1 N–H and O–H groups in total. The number of amides is 1. The van der Waals surface area contributed by atoms with Gasteiger partial charge in [0, 0.05) is 13.0 Å². The Labute approximate surface area is 148 Å². The first kappa shape index (κ1) is 16.2. The normalized spacial score (nSPS) is 17.4. The lowest BCUT2D eigenvalue weighted by molar-refractivity contribution is -0.0138. The maximum Gasteiger partial charge on any atom is 0.410 e. The summed E-state index contributed by atoms with van der Waals surface area (Å²) in [4.78, 5) is 14.1. The van der Waals surface area contributed by atoms with Crippen molar-refractivity contribution in [1.29, 1.82) is 0 Å². The van der Waals surface area contributed by atoms with Crippen molar-refractivity contribution >= 4 is 6.09 Å². The lowest BCUT2D eigenvalue weighted by atomic mass is 9.76. The van der Waals surface area contributed by atoms with E-state index in [-0.39, 0.29) is 18.6 Å². The number of fused-ring (bicyclic) bond motifs is 3. The maximum absolute atomic E-state index is 12.5. The van der Waals surface area contributed by atoms with Crippen molar-refractivity contribution < 1.29 is 14.6 Å². The molecule has 0 atom stereocenters. The number of nitrogens with zero attached hydrogens (tertiary/aromatic N) is 1. The fourth-order valence-electron chi connectivity index (χ4n) is 4.07. The van der Waals surface area contributed by atoms with Gasteiger partial charge in [0.2, 0.25) is 0 Å². The van der Waals surface area contributed by atoms with Gasteiger partial charge in [-0.05, 0) is 41.5 Å². The summed E-state index contributed by atoms with van der Waals surface area (Å²) >= 11 is 0. The summed E-state index contributed by atoms with van der Waals surface area (Å²) in [5.74, 6) is 0.0659. The van der Waals surface area contributed by atoms with Gasteiger partial charge < -0.3 is 14.7 Å². The molecule has 4 nitrogen and oxygen atoms in total. The number of hydrogen-bond donors (Lipinski definition) is 1. The van der Waals surface area contributed by atoms with E-state index in [4.69, 9.17) is 4.74 Å². The minimum Gasteiger partial charge on any atom is -0.448 e. The van der Waals surface area contributed by atoms with E-state index in [1.54, 1.807) is 11.9 Å². The highest BCUT2D eigenvalue weighted by molar-refractivity contribution is 5.79. The summed E-state index contributed by atoms with van der Waals surface area (Å²) < 4.78 is 5.66. The summed E-state index contributed by atoms with van der Waals surface area (Å²) in [6.07, 6.45) is 2.37. The van der Waals surface area contributed by atoms with Gasteiger partial charge in [-0.1, -0.05) is 48.5 Å². The SMILES string of the molecule is CN(C(=O)OCC1c2ccccc2-c2ccccc21)C1(CO)CCC1. The number of hydrogen-bond acceptors (Lipinski definition) is 3.